The Labute approximate surface area is 134 Å². The van der Waals surface area contributed by atoms with E-state index in [0.29, 0.717) is 5.56 Å². The molecule has 0 aliphatic heterocycles. The molecular formula is C18H19NO2S. The highest BCUT2D eigenvalue weighted by molar-refractivity contribution is 7.17. The molecule has 0 spiro atoms. The number of benzene rings is 1. The van der Waals surface area contributed by atoms with Crippen LogP contribution in [-0.2, 0) is 17.6 Å². The molecule has 0 saturated heterocycles. The van der Waals surface area contributed by atoms with Gasteiger partial charge in [0.2, 0.25) is 5.91 Å². The summed E-state index contributed by atoms with van der Waals surface area (Å²) in [6.07, 6.45) is 4.23. The lowest BCUT2D eigenvalue weighted by molar-refractivity contribution is -0.116. The molecule has 0 fully saturated rings. The Kier molecular flexibility index (Phi) is 4.12. The number of hydrogen-bond acceptors (Lipinski definition) is 3. The van der Waals surface area contributed by atoms with E-state index < -0.39 is 0 Å². The van der Waals surface area contributed by atoms with Crippen LogP contribution >= 0.6 is 11.3 Å². The number of nitrogens with zero attached hydrogens (tertiary/aromatic N) is 1. The van der Waals surface area contributed by atoms with Crippen molar-refractivity contribution in [2.45, 2.75) is 32.6 Å². The fraction of sp³-hybridized carbons (Fsp3) is 0.333. The van der Waals surface area contributed by atoms with Crippen molar-refractivity contribution in [3.63, 3.8) is 0 Å². The van der Waals surface area contributed by atoms with Crippen molar-refractivity contribution < 1.29 is 9.59 Å². The molecule has 2 aromatic rings. The van der Waals surface area contributed by atoms with Crippen LogP contribution in [0.1, 0.15) is 46.1 Å². The summed E-state index contributed by atoms with van der Waals surface area (Å²) in [5.41, 5.74) is 2.59. The Bertz CT molecular complexity index is 718. The quantitative estimate of drug-likeness (QED) is 0.807. The molecule has 1 heterocycles. The van der Waals surface area contributed by atoms with Gasteiger partial charge in [-0.15, -0.1) is 11.3 Å². The van der Waals surface area contributed by atoms with Crippen LogP contribution in [0.2, 0.25) is 0 Å². The minimum Gasteiger partial charge on any atom is -0.307 e. The number of ketones is 1. The molecule has 22 heavy (non-hydrogen) atoms. The van der Waals surface area contributed by atoms with Crippen LogP contribution in [-0.4, -0.2) is 18.7 Å². The maximum absolute atomic E-state index is 13.0. The molecule has 0 saturated carbocycles. The van der Waals surface area contributed by atoms with Gasteiger partial charge in [0.1, 0.15) is 5.00 Å². The first-order valence-electron chi connectivity index (χ1n) is 7.58. The molecule has 1 aliphatic carbocycles. The average Bonchev–Trinajstić information content (AvgIpc) is 2.93. The van der Waals surface area contributed by atoms with Gasteiger partial charge in [-0.25, -0.2) is 0 Å². The summed E-state index contributed by atoms with van der Waals surface area (Å²) >= 11 is 1.61. The van der Waals surface area contributed by atoms with Gasteiger partial charge in [-0.1, -0.05) is 30.3 Å². The number of rotatable bonds is 3. The van der Waals surface area contributed by atoms with Crippen LogP contribution in [0.4, 0.5) is 5.00 Å². The summed E-state index contributed by atoms with van der Waals surface area (Å²) in [4.78, 5) is 27.7. The summed E-state index contributed by atoms with van der Waals surface area (Å²) in [6, 6.07) is 9.34. The number of hydrogen-bond donors (Lipinski definition) is 0. The maximum Gasteiger partial charge on any atom is 0.224 e. The minimum absolute atomic E-state index is 0.0306. The molecule has 3 nitrogen and oxygen atoms in total. The number of amides is 1. The summed E-state index contributed by atoms with van der Waals surface area (Å²) in [7, 11) is 1.75. The van der Waals surface area contributed by atoms with E-state index in [9.17, 15) is 9.59 Å². The van der Waals surface area contributed by atoms with Gasteiger partial charge in [-0.3, -0.25) is 9.59 Å². The zero-order valence-electron chi connectivity index (χ0n) is 12.9. The molecule has 3 rings (SSSR count). The van der Waals surface area contributed by atoms with E-state index in [4.69, 9.17) is 0 Å². The van der Waals surface area contributed by atoms with Crippen LogP contribution in [0.3, 0.4) is 0 Å². The zero-order chi connectivity index (χ0) is 15.7. The summed E-state index contributed by atoms with van der Waals surface area (Å²) in [5.74, 6) is -0.0104. The van der Waals surface area contributed by atoms with Gasteiger partial charge < -0.3 is 4.90 Å². The normalized spacial score (nSPS) is 13.5. The molecular weight excluding hydrogens is 294 g/mol. The first-order chi connectivity index (χ1) is 10.6. The number of carbonyl (C=O) groups excluding carboxylic acids is 2. The largest absolute Gasteiger partial charge is 0.307 e. The van der Waals surface area contributed by atoms with Gasteiger partial charge in [0.05, 0.1) is 5.56 Å². The molecule has 0 atom stereocenters. The van der Waals surface area contributed by atoms with E-state index in [2.05, 4.69) is 0 Å². The van der Waals surface area contributed by atoms with Gasteiger partial charge in [-0.2, -0.15) is 0 Å². The summed E-state index contributed by atoms with van der Waals surface area (Å²) < 4.78 is 0. The summed E-state index contributed by atoms with van der Waals surface area (Å²) in [6.45, 7) is 1.54. The van der Waals surface area contributed by atoms with Crippen LogP contribution in [0, 0.1) is 0 Å². The molecule has 114 valence electrons. The number of anilines is 1. The molecule has 0 N–H and O–H groups in total. The third-order valence-electron chi connectivity index (χ3n) is 4.19. The molecule has 1 aromatic heterocycles. The van der Waals surface area contributed by atoms with E-state index in [1.807, 2.05) is 30.3 Å². The maximum atomic E-state index is 13.0. The monoisotopic (exact) mass is 313 g/mol. The fourth-order valence-corrected chi connectivity index (χ4v) is 4.29. The third kappa shape index (κ3) is 2.59. The van der Waals surface area contributed by atoms with Crippen LogP contribution in [0.15, 0.2) is 30.3 Å². The Hall–Kier alpha value is -1.94. The Morgan fingerprint density at radius 2 is 1.77 bits per heavy atom. The second-order valence-corrected chi connectivity index (χ2v) is 6.75. The molecule has 1 amide bonds. The third-order valence-corrected chi connectivity index (χ3v) is 5.56. The van der Waals surface area contributed by atoms with Crippen LogP contribution in [0.25, 0.3) is 0 Å². The Morgan fingerprint density at radius 3 is 2.45 bits per heavy atom. The predicted octanol–water partition coefficient (Wildman–Crippen LogP) is 3.84. The zero-order valence-corrected chi connectivity index (χ0v) is 13.7. The van der Waals surface area contributed by atoms with Gasteiger partial charge in [0.15, 0.2) is 5.78 Å². The second-order valence-electron chi connectivity index (χ2n) is 5.66. The molecule has 1 aromatic carbocycles. The lowest BCUT2D eigenvalue weighted by atomic mass is 9.92. The smallest absolute Gasteiger partial charge is 0.224 e. The lowest BCUT2D eigenvalue weighted by Gasteiger charge is -2.16. The van der Waals surface area contributed by atoms with Crippen molar-refractivity contribution in [2.75, 3.05) is 11.9 Å². The summed E-state index contributed by atoms with van der Waals surface area (Å²) in [5, 5.41) is 0.799. The van der Waals surface area contributed by atoms with Crippen molar-refractivity contribution in [3.8, 4) is 0 Å². The van der Waals surface area contributed by atoms with Crippen molar-refractivity contribution >= 4 is 28.0 Å². The van der Waals surface area contributed by atoms with Crippen LogP contribution in [0.5, 0.6) is 0 Å². The Balaban J connectivity index is 2.14. The van der Waals surface area contributed by atoms with Gasteiger partial charge in [0.25, 0.3) is 0 Å². The number of fused-ring (bicyclic) bond motifs is 1. The van der Waals surface area contributed by atoms with Crippen molar-refractivity contribution in [1.29, 1.82) is 0 Å². The van der Waals surface area contributed by atoms with Gasteiger partial charge in [-0.05, 0) is 31.2 Å². The van der Waals surface area contributed by atoms with E-state index in [1.165, 1.54) is 11.8 Å². The Morgan fingerprint density at radius 1 is 1.09 bits per heavy atom. The molecule has 0 radical (unpaired) electrons. The highest BCUT2D eigenvalue weighted by Crippen LogP contribution is 2.41. The number of thiophene rings is 1. The highest BCUT2D eigenvalue weighted by Gasteiger charge is 2.28. The van der Waals surface area contributed by atoms with Crippen molar-refractivity contribution in [2.24, 2.45) is 0 Å². The topological polar surface area (TPSA) is 37.4 Å². The molecule has 4 heteroatoms. The van der Waals surface area contributed by atoms with Crippen molar-refractivity contribution in [1.82, 2.24) is 0 Å². The SMILES string of the molecule is CC(=O)N(C)c1sc2c(c1C(=O)c1ccccc1)CCCC2. The van der Waals surface area contributed by atoms with Gasteiger partial charge >= 0.3 is 0 Å². The molecule has 0 bridgehead atoms. The molecule has 0 unspecified atom stereocenters. The van der Waals surface area contributed by atoms with E-state index >= 15 is 0 Å². The van der Waals surface area contributed by atoms with Gasteiger partial charge in [0, 0.05) is 24.4 Å². The average molecular weight is 313 g/mol. The minimum atomic E-state index is -0.0410. The first-order valence-corrected chi connectivity index (χ1v) is 8.40. The predicted molar refractivity (Wildman–Crippen MR) is 89.9 cm³/mol. The highest BCUT2D eigenvalue weighted by atomic mass is 32.1. The fourth-order valence-electron chi connectivity index (χ4n) is 2.90. The van der Waals surface area contributed by atoms with E-state index in [1.54, 1.807) is 23.3 Å². The molecule has 1 aliphatic rings. The first kappa shape index (κ1) is 15.0. The van der Waals surface area contributed by atoms with Crippen LogP contribution < -0.4 is 4.90 Å². The van der Waals surface area contributed by atoms with E-state index in [0.717, 1.165) is 41.8 Å². The second kappa shape index (κ2) is 6.05. The number of aryl methyl sites for hydroxylation is 1. The lowest BCUT2D eigenvalue weighted by Crippen LogP contribution is -2.24. The van der Waals surface area contributed by atoms with Crippen molar-refractivity contribution in [3.05, 3.63) is 51.9 Å². The standard InChI is InChI=1S/C18H19NO2S/c1-12(20)19(2)18-16(14-10-6-7-11-15(14)22-18)17(21)13-8-4-3-5-9-13/h3-5,8-9H,6-7,10-11H2,1-2H3. The number of carbonyl (C=O) groups is 2. The van der Waals surface area contributed by atoms with E-state index in [-0.39, 0.29) is 11.7 Å².